The zero-order valence-corrected chi connectivity index (χ0v) is 18.0. The molecule has 0 aliphatic carbocycles. The smallest absolute Gasteiger partial charge is 0.230 e. The molecule has 164 valence electrons. The number of carbonyl (C=O) groups excluding carboxylic acids is 1. The highest BCUT2D eigenvalue weighted by molar-refractivity contribution is 7.99. The van der Waals surface area contributed by atoms with Gasteiger partial charge in [0.1, 0.15) is 18.2 Å². The summed E-state index contributed by atoms with van der Waals surface area (Å²) in [7, 11) is 0. The second kappa shape index (κ2) is 10.1. The van der Waals surface area contributed by atoms with E-state index in [0.29, 0.717) is 36.5 Å². The van der Waals surface area contributed by atoms with Crippen molar-refractivity contribution in [1.29, 1.82) is 0 Å². The minimum Gasteiger partial charge on any atom is -0.486 e. The zero-order chi connectivity index (χ0) is 21.6. The predicted molar refractivity (Wildman–Crippen MR) is 111 cm³/mol. The van der Waals surface area contributed by atoms with Crippen molar-refractivity contribution in [1.82, 2.24) is 25.1 Å². The summed E-state index contributed by atoms with van der Waals surface area (Å²) in [5.74, 6) is 6.63. The Morgan fingerprint density at radius 3 is 2.70 bits per heavy atom. The Hall–Kier alpha value is -2.37. The minimum atomic E-state index is -0.338. The number of rotatable bonds is 9. The van der Waals surface area contributed by atoms with E-state index >= 15 is 0 Å². The van der Waals surface area contributed by atoms with E-state index < -0.39 is 0 Å². The van der Waals surface area contributed by atoms with Crippen LogP contribution in [0, 0.1) is 5.82 Å². The van der Waals surface area contributed by atoms with Crippen LogP contribution >= 0.6 is 11.8 Å². The Balaban J connectivity index is 1.44. The van der Waals surface area contributed by atoms with Crippen molar-refractivity contribution in [3.05, 3.63) is 35.9 Å². The highest BCUT2D eigenvalue weighted by Gasteiger charge is 2.28. The van der Waals surface area contributed by atoms with Gasteiger partial charge < -0.3 is 20.6 Å². The third kappa shape index (κ3) is 6.07. The Morgan fingerprint density at radius 2 is 2.00 bits per heavy atom. The molecule has 0 saturated carbocycles. The van der Waals surface area contributed by atoms with Gasteiger partial charge in [0.15, 0.2) is 5.82 Å². The number of thioether (sulfide) groups is 1. The van der Waals surface area contributed by atoms with Gasteiger partial charge in [-0.15, -0.1) is 10.2 Å². The number of benzene rings is 1. The molecule has 1 saturated heterocycles. The lowest BCUT2D eigenvalue weighted by Gasteiger charge is -2.40. The van der Waals surface area contributed by atoms with Gasteiger partial charge in [-0.1, -0.05) is 11.8 Å². The first kappa shape index (κ1) is 22.3. The Bertz CT molecular complexity index is 839. The van der Waals surface area contributed by atoms with Crippen LogP contribution in [0.25, 0.3) is 0 Å². The molecule has 1 fully saturated rings. The van der Waals surface area contributed by atoms with Gasteiger partial charge in [-0.2, -0.15) is 0 Å². The Labute approximate surface area is 179 Å². The average Bonchev–Trinajstić information content (AvgIpc) is 3.10. The largest absolute Gasteiger partial charge is 0.486 e. The molecule has 1 amide bonds. The fraction of sp³-hybridized carbons (Fsp3) is 0.526. The van der Waals surface area contributed by atoms with Crippen molar-refractivity contribution in [3.8, 4) is 5.75 Å². The lowest BCUT2D eigenvalue weighted by Crippen LogP contribution is -2.55. The van der Waals surface area contributed by atoms with Crippen molar-refractivity contribution in [2.24, 2.45) is 0 Å². The number of nitrogens with two attached hydrogens (primary N) is 1. The molecule has 0 spiro atoms. The van der Waals surface area contributed by atoms with Gasteiger partial charge in [0.25, 0.3) is 0 Å². The standard InChI is InChI=1S/C19H27FN6O3S/c1-19(2,25-7-9-28-10-8-25)13-22-17(27)12-30-18-24-23-16(26(18)21)11-29-15-5-3-14(20)4-6-15/h3-6H,7-13,21H2,1-2H3,(H,22,27). The topological polar surface area (TPSA) is 108 Å². The molecule has 0 atom stereocenters. The van der Waals surface area contributed by atoms with Gasteiger partial charge in [-0.25, -0.2) is 9.07 Å². The molecular weight excluding hydrogens is 411 g/mol. The first-order chi connectivity index (χ1) is 14.3. The molecular formula is C19H27FN6O3S. The van der Waals surface area contributed by atoms with E-state index in [0.717, 1.165) is 13.1 Å². The van der Waals surface area contributed by atoms with Crippen LogP contribution in [-0.4, -0.2) is 69.8 Å². The molecule has 2 heterocycles. The second-order valence-electron chi connectivity index (χ2n) is 7.49. The van der Waals surface area contributed by atoms with Crippen molar-refractivity contribution < 1.29 is 18.7 Å². The number of nitrogens with zero attached hydrogens (tertiary/aromatic N) is 4. The zero-order valence-electron chi connectivity index (χ0n) is 17.1. The maximum atomic E-state index is 12.9. The fourth-order valence-electron chi connectivity index (χ4n) is 2.96. The molecule has 9 nitrogen and oxygen atoms in total. The SMILES string of the molecule is CC(C)(CNC(=O)CSc1nnc(COc2ccc(F)cc2)n1N)N1CCOCC1. The van der Waals surface area contributed by atoms with E-state index in [-0.39, 0.29) is 29.6 Å². The second-order valence-corrected chi connectivity index (χ2v) is 8.43. The molecule has 0 radical (unpaired) electrons. The van der Waals surface area contributed by atoms with Crippen LogP contribution in [-0.2, 0) is 16.1 Å². The first-order valence-corrected chi connectivity index (χ1v) is 10.6. The number of carbonyl (C=O) groups is 1. The predicted octanol–water partition coefficient (Wildman–Crippen LogP) is 1.03. The number of nitrogen functional groups attached to an aromatic ring is 1. The third-order valence-corrected chi connectivity index (χ3v) is 5.78. The van der Waals surface area contributed by atoms with Gasteiger partial charge in [0.05, 0.1) is 19.0 Å². The van der Waals surface area contributed by atoms with Crippen LogP contribution in [0.15, 0.2) is 29.4 Å². The summed E-state index contributed by atoms with van der Waals surface area (Å²) in [4.78, 5) is 14.6. The lowest BCUT2D eigenvalue weighted by atomic mass is 10.0. The summed E-state index contributed by atoms with van der Waals surface area (Å²) in [6.45, 7) is 7.98. The molecule has 30 heavy (non-hydrogen) atoms. The Kier molecular flexibility index (Phi) is 7.51. The van der Waals surface area contributed by atoms with E-state index in [4.69, 9.17) is 15.3 Å². The highest BCUT2D eigenvalue weighted by Crippen LogP contribution is 2.18. The number of halogens is 1. The van der Waals surface area contributed by atoms with Crippen LogP contribution in [0.3, 0.4) is 0 Å². The maximum absolute atomic E-state index is 12.9. The van der Waals surface area contributed by atoms with Crippen LogP contribution < -0.4 is 15.9 Å². The fourth-order valence-corrected chi connectivity index (χ4v) is 3.66. The number of hydrogen-bond donors (Lipinski definition) is 2. The molecule has 1 aromatic carbocycles. The van der Waals surface area contributed by atoms with E-state index in [2.05, 4.69) is 34.3 Å². The summed E-state index contributed by atoms with van der Waals surface area (Å²) in [6, 6.07) is 5.65. The summed E-state index contributed by atoms with van der Waals surface area (Å²) >= 11 is 1.20. The van der Waals surface area contributed by atoms with Crippen molar-refractivity contribution in [3.63, 3.8) is 0 Å². The summed E-state index contributed by atoms with van der Waals surface area (Å²) in [6.07, 6.45) is 0. The maximum Gasteiger partial charge on any atom is 0.230 e. The molecule has 0 unspecified atom stereocenters. The number of nitrogens with one attached hydrogen (secondary N) is 1. The molecule has 1 aliphatic rings. The van der Waals surface area contributed by atoms with Crippen molar-refractivity contribution in [2.75, 3.05) is 44.4 Å². The summed E-state index contributed by atoms with van der Waals surface area (Å²) in [5, 5.41) is 11.4. The van der Waals surface area contributed by atoms with Gasteiger partial charge in [-0.3, -0.25) is 9.69 Å². The van der Waals surface area contributed by atoms with Crippen LogP contribution in [0.5, 0.6) is 5.75 Å². The van der Waals surface area contributed by atoms with Crippen LogP contribution in [0.4, 0.5) is 4.39 Å². The van der Waals surface area contributed by atoms with E-state index in [1.807, 2.05) is 0 Å². The van der Waals surface area contributed by atoms with Crippen molar-refractivity contribution in [2.45, 2.75) is 31.1 Å². The van der Waals surface area contributed by atoms with Crippen LogP contribution in [0.2, 0.25) is 0 Å². The van der Waals surface area contributed by atoms with Crippen LogP contribution in [0.1, 0.15) is 19.7 Å². The molecule has 2 aromatic rings. The number of ether oxygens (including phenoxy) is 2. The molecule has 3 rings (SSSR count). The quantitative estimate of drug-likeness (QED) is 0.442. The number of aromatic nitrogens is 3. The Morgan fingerprint density at radius 1 is 1.30 bits per heavy atom. The minimum absolute atomic E-state index is 0.0790. The molecule has 1 aliphatic heterocycles. The van der Waals surface area contributed by atoms with E-state index in [1.165, 1.54) is 40.7 Å². The molecule has 1 aromatic heterocycles. The van der Waals surface area contributed by atoms with Gasteiger partial charge in [0, 0.05) is 25.2 Å². The van der Waals surface area contributed by atoms with Gasteiger partial charge >= 0.3 is 0 Å². The van der Waals surface area contributed by atoms with Crippen molar-refractivity contribution >= 4 is 17.7 Å². The third-order valence-electron chi connectivity index (χ3n) is 4.83. The highest BCUT2D eigenvalue weighted by atomic mass is 32.2. The number of amides is 1. The number of morpholine rings is 1. The normalized spacial score (nSPS) is 15.2. The molecule has 0 bridgehead atoms. The first-order valence-electron chi connectivity index (χ1n) is 9.65. The summed E-state index contributed by atoms with van der Waals surface area (Å²) in [5.41, 5.74) is -0.150. The lowest BCUT2D eigenvalue weighted by molar-refractivity contribution is -0.119. The number of hydrogen-bond acceptors (Lipinski definition) is 8. The van der Waals surface area contributed by atoms with E-state index in [1.54, 1.807) is 0 Å². The monoisotopic (exact) mass is 438 g/mol. The average molecular weight is 439 g/mol. The van der Waals surface area contributed by atoms with E-state index in [9.17, 15) is 9.18 Å². The molecule has 11 heteroatoms. The summed E-state index contributed by atoms with van der Waals surface area (Å²) < 4.78 is 25.1. The van der Waals surface area contributed by atoms with Gasteiger partial charge in [-0.05, 0) is 38.1 Å². The van der Waals surface area contributed by atoms with Gasteiger partial charge in [0.2, 0.25) is 11.1 Å². The molecule has 3 N–H and O–H groups in total.